The van der Waals surface area contributed by atoms with Gasteiger partial charge in [0.25, 0.3) is 17.6 Å². The minimum atomic E-state index is -0.668. The number of Topliss-reactive ketones (excluding diaryl/α,β-unsaturated/α-hetero) is 1. The first kappa shape index (κ1) is 29.4. The van der Waals surface area contributed by atoms with E-state index in [1.165, 1.54) is 30.0 Å². The number of pyridine rings is 1. The summed E-state index contributed by atoms with van der Waals surface area (Å²) in [6.07, 6.45) is 4.73. The van der Waals surface area contributed by atoms with E-state index in [0.29, 0.717) is 57.8 Å². The van der Waals surface area contributed by atoms with Gasteiger partial charge in [0.1, 0.15) is 17.9 Å². The molecule has 1 aliphatic rings. The molecule has 0 N–H and O–H groups in total. The topological polar surface area (TPSA) is 115 Å². The van der Waals surface area contributed by atoms with Crippen LogP contribution in [-0.2, 0) is 10.7 Å². The first-order valence-electron chi connectivity index (χ1n) is 13.8. The highest BCUT2D eigenvalue weighted by Gasteiger charge is 2.32. The Balaban J connectivity index is 1.32. The van der Waals surface area contributed by atoms with Crippen LogP contribution in [0.3, 0.4) is 0 Å². The second-order valence-electron chi connectivity index (χ2n) is 10.1. The van der Waals surface area contributed by atoms with Gasteiger partial charge in [-0.1, -0.05) is 29.8 Å². The van der Waals surface area contributed by atoms with Gasteiger partial charge in [0.05, 0.1) is 35.6 Å². The van der Waals surface area contributed by atoms with Gasteiger partial charge in [0.2, 0.25) is 0 Å². The second-order valence-corrected chi connectivity index (χ2v) is 11.6. The Morgan fingerprint density at radius 1 is 0.955 bits per heavy atom. The van der Waals surface area contributed by atoms with E-state index in [1.54, 1.807) is 41.2 Å². The molecule has 1 aliphatic heterocycles. The van der Waals surface area contributed by atoms with Gasteiger partial charge >= 0.3 is 0 Å². The van der Waals surface area contributed by atoms with Crippen molar-refractivity contribution in [3.05, 3.63) is 95.3 Å². The molecule has 0 aliphatic carbocycles. The number of rotatable bonds is 8. The lowest BCUT2D eigenvalue weighted by Gasteiger charge is -2.34. The summed E-state index contributed by atoms with van der Waals surface area (Å²) in [4.78, 5) is 53.4. The largest absolute Gasteiger partial charge is 0.494 e. The van der Waals surface area contributed by atoms with Crippen LogP contribution in [0.1, 0.15) is 26.5 Å². The van der Waals surface area contributed by atoms with Crippen molar-refractivity contribution < 1.29 is 19.1 Å². The molecule has 11 nitrogen and oxygen atoms in total. The van der Waals surface area contributed by atoms with Crippen LogP contribution in [0.5, 0.6) is 5.75 Å². The third-order valence-corrected chi connectivity index (χ3v) is 8.65. The van der Waals surface area contributed by atoms with Gasteiger partial charge in [-0.3, -0.25) is 14.4 Å². The Bertz CT molecular complexity index is 1850. The fraction of sp³-hybridized carbons (Fsp3) is 0.226. The number of amides is 2. The number of aromatic nitrogens is 5. The summed E-state index contributed by atoms with van der Waals surface area (Å²) in [5.41, 5.74) is 1.36. The Morgan fingerprint density at radius 2 is 1.66 bits per heavy atom. The van der Waals surface area contributed by atoms with Gasteiger partial charge in [-0.25, -0.2) is 14.6 Å². The Hall–Kier alpha value is -4.68. The molecule has 3 aromatic heterocycles. The predicted molar refractivity (Wildman–Crippen MR) is 167 cm³/mol. The summed E-state index contributed by atoms with van der Waals surface area (Å²) >= 11 is 7.60. The summed E-state index contributed by atoms with van der Waals surface area (Å²) in [6.45, 7) is 2.92. The lowest BCUT2D eigenvalue weighted by atomic mass is 10.1. The number of fused-ring (bicyclic) bond motifs is 1. The highest BCUT2D eigenvalue weighted by molar-refractivity contribution is 7.98. The van der Waals surface area contributed by atoms with Gasteiger partial charge in [0.15, 0.2) is 5.82 Å². The molecule has 224 valence electrons. The van der Waals surface area contributed by atoms with E-state index in [2.05, 4.69) is 15.1 Å². The summed E-state index contributed by atoms with van der Waals surface area (Å²) in [5, 5.41) is 5.53. The van der Waals surface area contributed by atoms with Gasteiger partial charge in [-0.2, -0.15) is 5.10 Å². The number of ketones is 1. The molecular formula is C31H28ClN7O4S. The molecule has 4 heterocycles. The van der Waals surface area contributed by atoms with Crippen molar-refractivity contribution in [2.75, 3.05) is 33.3 Å². The molecule has 0 saturated carbocycles. The maximum absolute atomic E-state index is 13.9. The zero-order valence-corrected chi connectivity index (χ0v) is 25.6. The average molecular weight is 630 g/mol. The SMILES string of the molecule is COc1cnc(-n2cnc(C)n2)c2c1c(C(=O)C(=O)N1CCN(C(=O)c3ccccc3)CC1)cn2CSc1ccc(Cl)cc1. The fourth-order valence-corrected chi connectivity index (χ4v) is 6.09. The molecule has 2 aromatic carbocycles. The predicted octanol–water partition coefficient (Wildman–Crippen LogP) is 4.50. The number of carbonyl (C=O) groups is 3. The van der Waals surface area contributed by atoms with E-state index in [9.17, 15) is 14.4 Å². The quantitative estimate of drug-likeness (QED) is 0.140. The molecule has 0 radical (unpaired) electrons. The monoisotopic (exact) mass is 629 g/mol. The summed E-state index contributed by atoms with van der Waals surface area (Å²) in [7, 11) is 1.49. The highest BCUT2D eigenvalue weighted by Crippen LogP contribution is 2.36. The van der Waals surface area contributed by atoms with Gasteiger partial charge in [-0.05, 0) is 43.3 Å². The van der Waals surface area contributed by atoms with E-state index < -0.39 is 11.7 Å². The van der Waals surface area contributed by atoms with Crippen LogP contribution in [0.25, 0.3) is 16.7 Å². The van der Waals surface area contributed by atoms with E-state index in [1.807, 2.05) is 47.0 Å². The van der Waals surface area contributed by atoms with Crippen LogP contribution >= 0.6 is 23.4 Å². The minimum absolute atomic E-state index is 0.0987. The van der Waals surface area contributed by atoms with Crippen LogP contribution in [0.4, 0.5) is 0 Å². The second kappa shape index (κ2) is 12.5. The van der Waals surface area contributed by atoms with E-state index >= 15 is 0 Å². The molecule has 0 atom stereocenters. The number of hydrogen-bond acceptors (Lipinski definition) is 8. The molecule has 6 rings (SSSR count). The number of methoxy groups -OCH3 is 1. The van der Waals surface area contributed by atoms with Gasteiger partial charge in [-0.15, -0.1) is 11.8 Å². The Kier molecular flexibility index (Phi) is 8.36. The number of ether oxygens (including phenoxy) is 1. The van der Waals surface area contributed by atoms with Crippen molar-refractivity contribution in [1.82, 2.24) is 34.1 Å². The fourth-order valence-electron chi connectivity index (χ4n) is 5.15. The first-order valence-corrected chi connectivity index (χ1v) is 15.2. The molecule has 2 amide bonds. The smallest absolute Gasteiger partial charge is 0.295 e. The molecule has 1 fully saturated rings. The van der Waals surface area contributed by atoms with Crippen molar-refractivity contribution in [2.24, 2.45) is 0 Å². The van der Waals surface area contributed by atoms with Crippen molar-refractivity contribution in [3.8, 4) is 11.6 Å². The van der Waals surface area contributed by atoms with Crippen molar-refractivity contribution in [1.29, 1.82) is 0 Å². The van der Waals surface area contributed by atoms with E-state index in [-0.39, 0.29) is 24.6 Å². The number of halogens is 1. The minimum Gasteiger partial charge on any atom is -0.494 e. The third-order valence-electron chi connectivity index (χ3n) is 7.38. The molecule has 13 heteroatoms. The maximum Gasteiger partial charge on any atom is 0.295 e. The molecule has 1 saturated heterocycles. The summed E-state index contributed by atoms with van der Waals surface area (Å²) < 4.78 is 9.06. The van der Waals surface area contributed by atoms with Crippen LogP contribution < -0.4 is 4.74 Å². The maximum atomic E-state index is 13.9. The molecule has 5 aromatic rings. The van der Waals surface area contributed by atoms with Gasteiger partial charge < -0.3 is 19.1 Å². The zero-order valence-electron chi connectivity index (χ0n) is 24.0. The number of benzene rings is 2. The number of carbonyl (C=O) groups excluding carboxylic acids is 3. The third kappa shape index (κ3) is 5.78. The molecule has 0 spiro atoms. The van der Waals surface area contributed by atoms with Gasteiger partial charge in [0, 0.05) is 47.9 Å². The lowest BCUT2D eigenvalue weighted by molar-refractivity contribution is -0.127. The van der Waals surface area contributed by atoms with E-state index in [0.717, 1.165) is 4.90 Å². The zero-order chi connectivity index (χ0) is 30.8. The van der Waals surface area contributed by atoms with Crippen molar-refractivity contribution in [2.45, 2.75) is 17.7 Å². The van der Waals surface area contributed by atoms with Crippen LogP contribution in [-0.4, -0.2) is 85.0 Å². The molecular weight excluding hydrogens is 602 g/mol. The average Bonchev–Trinajstić information content (AvgIpc) is 3.67. The summed E-state index contributed by atoms with van der Waals surface area (Å²) in [6, 6.07) is 16.5. The number of aryl methyl sites for hydroxylation is 1. The molecule has 0 unspecified atom stereocenters. The molecule has 0 bridgehead atoms. The number of thioether (sulfide) groups is 1. The van der Waals surface area contributed by atoms with Crippen LogP contribution in [0, 0.1) is 6.92 Å². The van der Waals surface area contributed by atoms with Crippen molar-refractivity contribution >= 4 is 51.9 Å². The number of hydrogen-bond donors (Lipinski definition) is 0. The normalized spacial score (nSPS) is 13.3. The standard InChI is InChI=1S/C31H28ClN7O4S/c1-20-34-18-39(35-20)29-27-26(25(43-2)16-33-29)24(17-38(27)19-44-23-10-8-22(32)9-11-23)28(40)31(42)37-14-12-36(13-15-37)30(41)21-6-4-3-5-7-21/h3-11,16-18H,12-15,19H2,1-2H3. The first-order chi connectivity index (χ1) is 21.3. The van der Waals surface area contributed by atoms with Crippen molar-refractivity contribution in [3.63, 3.8) is 0 Å². The van der Waals surface area contributed by atoms with Crippen LogP contribution in [0.15, 0.2) is 78.2 Å². The number of piperazine rings is 1. The van der Waals surface area contributed by atoms with Crippen LogP contribution in [0.2, 0.25) is 5.02 Å². The lowest BCUT2D eigenvalue weighted by Crippen LogP contribution is -2.52. The highest BCUT2D eigenvalue weighted by atomic mass is 35.5. The Morgan fingerprint density at radius 3 is 2.32 bits per heavy atom. The van der Waals surface area contributed by atoms with E-state index in [4.69, 9.17) is 16.3 Å². The Labute approximate surface area is 262 Å². The molecule has 44 heavy (non-hydrogen) atoms. The summed E-state index contributed by atoms with van der Waals surface area (Å²) in [5.74, 6) is 0.341. The number of nitrogens with zero attached hydrogens (tertiary/aromatic N) is 7.